The van der Waals surface area contributed by atoms with E-state index in [1.54, 1.807) is 0 Å². The van der Waals surface area contributed by atoms with Crippen LogP contribution in [-0.4, -0.2) is 44.3 Å². The summed E-state index contributed by atoms with van der Waals surface area (Å²) in [6.07, 6.45) is -2.71. The lowest BCUT2D eigenvalue weighted by Crippen LogP contribution is -2.49. The van der Waals surface area contributed by atoms with E-state index in [2.05, 4.69) is 0 Å². The molecule has 0 aromatic rings. The highest BCUT2D eigenvalue weighted by molar-refractivity contribution is 14.1. The summed E-state index contributed by atoms with van der Waals surface area (Å²) in [4.78, 5) is 0. The zero-order chi connectivity index (χ0) is 7.72. The van der Waals surface area contributed by atoms with Gasteiger partial charge in [0.2, 0.25) is 0 Å². The smallest absolute Gasteiger partial charge is 0.169 e. The summed E-state index contributed by atoms with van der Waals surface area (Å²) in [5.41, 5.74) is 0. The summed E-state index contributed by atoms with van der Waals surface area (Å²) in [6.45, 7) is 0.00182. The van der Waals surface area contributed by atoms with Crippen molar-refractivity contribution in [1.29, 1.82) is 0 Å². The van der Waals surface area contributed by atoms with Crippen molar-refractivity contribution >= 4 is 22.6 Å². The number of aliphatic hydroxyl groups excluding tert-OH is 3. The molecule has 0 unspecified atom stereocenters. The minimum absolute atomic E-state index is 0.00182. The predicted octanol–water partition coefficient (Wildman–Crippen LogP) is -1.14. The topological polar surface area (TPSA) is 69.9 Å². The molecule has 3 N–H and O–H groups in total. The van der Waals surface area contributed by atoms with Gasteiger partial charge in [-0.15, -0.1) is 0 Å². The van der Waals surface area contributed by atoms with E-state index >= 15 is 0 Å². The maximum Gasteiger partial charge on any atom is 0.169 e. The molecule has 1 saturated heterocycles. The average molecular weight is 260 g/mol. The lowest BCUT2D eigenvalue weighted by atomic mass is 10.1. The fraction of sp³-hybridized carbons (Fsp3) is 1.00. The van der Waals surface area contributed by atoms with Gasteiger partial charge in [0.05, 0.1) is 16.6 Å². The zero-order valence-electron chi connectivity index (χ0n) is 5.14. The highest BCUT2D eigenvalue weighted by Crippen LogP contribution is 2.20. The van der Waals surface area contributed by atoms with Crippen molar-refractivity contribution in [3.63, 3.8) is 0 Å². The highest BCUT2D eigenvalue weighted by Gasteiger charge is 2.35. The van der Waals surface area contributed by atoms with Crippen LogP contribution in [0.4, 0.5) is 0 Å². The van der Waals surface area contributed by atoms with E-state index in [-0.39, 0.29) is 6.61 Å². The summed E-state index contributed by atoms with van der Waals surface area (Å²) < 4.78 is 4.27. The van der Waals surface area contributed by atoms with Gasteiger partial charge in [-0.1, -0.05) is 22.6 Å². The number of hydrogen-bond acceptors (Lipinski definition) is 4. The molecule has 0 saturated carbocycles. The molecular weight excluding hydrogens is 251 g/mol. The molecular formula is C5H9IO4. The van der Waals surface area contributed by atoms with Crippen LogP contribution in [0.5, 0.6) is 0 Å². The summed E-state index contributed by atoms with van der Waals surface area (Å²) in [5, 5.41) is 27.1. The van der Waals surface area contributed by atoms with Crippen LogP contribution < -0.4 is 0 Å². The van der Waals surface area contributed by atoms with E-state index in [1.807, 2.05) is 22.6 Å². The minimum Gasteiger partial charge on any atom is -0.389 e. The van der Waals surface area contributed by atoms with Crippen LogP contribution in [0, 0.1) is 0 Å². The quantitative estimate of drug-likeness (QED) is 0.380. The summed E-state index contributed by atoms with van der Waals surface area (Å²) >= 11 is 1.84. The van der Waals surface area contributed by atoms with Gasteiger partial charge in [-0.05, 0) is 0 Å². The molecule has 10 heavy (non-hydrogen) atoms. The Bertz CT molecular complexity index is 106. The number of alkyl halides is 1. The second-order valence-electron chi connectivity index (χ2n) is 2.23. The van der Waals surface area contributed by atoms with Gasteiger partial charge in [-0.2, -0.15) is 0 Å². The monoisotopic (exact) mass is 260 g/mol. The van der Waals surface area contributed by atoms with Gasteiger partial charge in [0.15, 0.2) is 6.29 Å². The van der Waals surface area contributed by atoms with Gasteiger partial charge in [-0.3, -0.25) is 0 Å². The molecule has 0 bridgehead atoms. The second-order valence-corrected chi connectivity index (χ2v) is 3.66. The number of rotatable bonds is 0. The molecule has 0 aliphatic carbocycles. The first kappa shape index (κ1) is 8.66. The molecule has 0 aromatic carbocycles. The van der Waals surface area contributed by atoms with Crippen molar-refractivity contribution in [2.45, 2.75) is 22.4 Å². The van der Waals surface area contributed by atoms with Crippen LogP contribution >= 0.6 is 22.6 Å². The fourth-order valence-corrected chi connectivity index (χ4v) is 1.46. The van der Waals surface area contributed by atoms with Crippen molar-refractivity contribution in [3.05, 3.63) is 0 Å². The second kappa shape index (κ2) is 3.31. The molecule has 0 spiro atoms. The predicted molar refractivity (Wildman–Crippen MR) is 41.8 cm³/mol. The highest BCUT2D eigenvalue weighted by atomic mass is 127. The van der Waals surface area contributed by atoms with Gasteiger partial charge < -0.3 is 20.1 Å². The molecule has 0 radical (unpaired) electrons. The molecule has 5 heteroatoms. The first-order valence-electron chi connectivity index (χ1n) is 2.93. The van der Waals surface area contributed by atoms with Crippen LogP contribution in [0.1, 0.15) is 0 Å². The normalized spacial score (nSPS) is 49.2. The number of ether oxygens (including phenoxy) is 1. The Hall–Kier alpha value is 0.570. The molecule has 1 fully saturated rings. The molecule has 1 aliphatic heterocycles. The van der Waals surface area contributed by atoms with E-state index in [4.69, 9.17) is 20.1 Å². The van der Waals surface area contributed by atoms with Crippen molar-refractivity contribution in [3.8, 4) is 0 Å². The van der Waals surface area contributed by atoms with Gasteiger partial charge >= 0.3 is 0 Å². The lowest BCUT2D eigenvalue weighted by molar-refractivity contribution is -0.184. The van der Waals surface area contributed by atoms with Crippen LogP contribution in [0.3, 0.4) is 0 Å². The van der Waals surface area contributed by atoms with Crippen LogP contribution in [-0.2, 0) is 4.74 Å². The molecule has 0 amide bonds. The molecule has 4 nitrogen and oxygen atoms in total. The molecule has 0 aromatic heterocycles. The maximum atomic E-state index is 9.12. The number of halogens is 1. The van der Waals surface area contributed by atoms with Crippen molar-refractivity contribution < 1.29 is 20.1 Å². The Morgan fingerprint density at radius 3 is 2.40 bits per heavy atom. The van der Waals surface area contributed by atoms with Crippen LogP contribution in [0.2, 0.25) is 0 Å². The summed E-state index contributed by atoms with van der Waals surface area (Å²) in [7, 11) is 0. The number of aliphatic hydroxyl groups is 3. The molecule has 4 atom stereocenters. The number of hydrogen-bond donors (Lipinski definition) is 3. The Morgan fingerprint density at radius 2 is 1.90 bits per heavy atom. The third-order valence-electron chi connectivity index (χ3n) is 1.43. The van der Waals surface area contributed by atoms with E-state index < -0.39 is 22.4 Å². The Labute approximate surface area is 72.0 Å². The van der Waals surface area contributed by atoms with E-state index in [0.29, 0.717) is 0 Å². The zero-order valence-corrected chi connectivity index (χ0v) is 7.30. The van der Waals surface area contributed by atoms with E-state index in [9.17, 15) is 0 Å². The fourth-order valence-electron chi connectivity index (χ4n) is 0.769. The maximum absolute atomic E-state index is 9.12. The van der Waals surface area contributed by atoms with Gasteiger partial charge in [-0.25, -0.2) is 0 Å². The minimum atomic E-state index is -0.959. The SMILES string of the molecule is O[C@@H]1[C@@H](I)[C@@H](O)OC[C@H]1O. The Balaban J connectivity index is 2.52. The first-order chi connectivity index (χ1) is 4.63. The van der Waals surface area contributed by atoms with Crippen molar-refractivity contribution in [2.75, 3.05) is 6.61 Å². The van der Waals surface area contributed by atoms with Crippen LogP contribution in [0.25, 0.3) is 0 Å². The lowest BCUT2D eigenvalue weighted by Gasteiger charge is -2.31. The molecule has 1 rings (SSSR count). The van der Waals surface area contributed by atoms with Crippen molar-refractivity contribution in [2.24, 2.45) is 0 Å². The molecule has 1 heterocycles. The largest absolute Gasteiger partial charge is 0.389 e. The van der Waals surface area contributed by atoms with Crippen molar-refractivity contribution in [1.82, 2.24) is 0 Å². The summed E-state index contributed by atoms with van der Waals surface area (Å²) in [5.74, 6) is 0. The van der Waals surface area contributed by atoms with Gasteiger partial charge in [0.25, 0.3) is 0 Å². The van der Waals surface area contributed by atoms with Crippen LogP contribution in [0.15, 0.2) is 0 Å². The summed E-state index contributed by atoms with van der Waals surface area (Å²) in [6, 6.07) is 0. The van der Waals surface area contributed by atoms with E-state index in [1.165, 1.54) is 0 Å². The Kier molecular flexibility index (Phi) is 2.87. The van der Waals surface area contributed by atoms with E-state index in [0.717, 1.165) is 0 Å². The van der Waals surface area contributed by atoms with Gasteiger partial charge in [0, 0.05) is 0 Å². The standard InChI is InChI=1S/C5H9IO4/c6-3-4(8)2(7)1-10-5(3)9/h2-5,7-9H,1H2/t2-,3-,4+,5+/m1/s1. The average Bonchev–Trinajstić information content (AvgIpc) is 1.93. The molecule has 60 valence electrons. The van der Waals surface area contributed by atoms with Gasteiger partial charge in [0.1, 0.15) is 6.10 Å². The Morgan fingerprint density at radius 1 is 1.30 bits per heavy atom. The molecule has 1 aliphatic rings. The third kappa shape index (κ3) is 1.59. The third-order valence-corrected chi connectivity index (χ3v) is 2.78. The first-order valence-corrected chi connectivity index (χ1v) is 4.17.